The maximum Gasteiger partial charge on any atom is 0.225 e. The fourth-order valence-electron chi connectivity index (χ4n) is 5.14. The van der Waals surface area contributed by atoms with Gasteiger partial charge in [-0.1, -0.05) is 32.9 Å². The Labute approximate surface area is 148 Å². The normalized spacial score (nSPS) is 47.0. The lowest BCUT2D eigenvalue weighted by Crippen LogP contribution is -2.65. The summed E-state index contributed by atoms with van der Waals surface area (Å²) in [6, 6.07) is 0. The van der Waals surface area contributed by atoms with Crippen molar-refractivity contribution in [1.29, 1.82) is 0 Å². The van der Waals surface area contributed by atoms with Gasteiger partial charge in [0.1, 0.15) is 5.60 Å². The number of aliphatic hydroxyl groups excluding tert-OH is 3. The van der Waals surface area contributed by atoms with Gasteiger partial charge in [-0.3, -0.25) is 4.79 Å². The average molecular weight is 348 g/mol. The Kier molecular flexibility index (Phi) is 3.88. The lowest BCUT2D eigenvalue weighted by molar-refractivity contribution is -0.151. The number of aliphatic hydroxyl groups is 4. The van der Waals surface area contributed by atoms with Gasteiger partial charge >= 0.3 is 0 Å². The number of carbonyl (C=O) groups is 1. The van der Waals surface area contributed by atoms with Crippen molar-refractivity contribution in [2.75, 3.05) is 6.61 Å². The molecule has 0 amide bonds. The SMILES string of the molecule is C=CC1(C)C=C2C(=O)C(O)=C3C(C)(CO)CCC(O)C3(C)C2(O)CC1. The van der Waals surface area contributed by atoms with E-state index in [9.17, 15) is 25.2 Å². The Morgan fingerprint density at radius 2 is 1.92 bits per heavy atom. The van der Waals surface area contributed by atoms with Gasteiger partial charge in [0.15, 0.2) is 5.76 Å². The standard InChI is InChI=1S/C20H28O5/c1-5-17(2)8-9-20(25)12(10-17)14(23)15(24)16-18(3,11-21)7-6-13(22)19(16,20)4/h5,10,13,21-22,24-25H,1,6-9,11H2,2-4H3. The quantitative estimate of drug-likeness (QED) is 0.574. The van der Waals surface area contributed by atoms with Crippen LogP contribution < -0.4 is 0 Å². The molecular formula is C20H28O5. The van der Waals surface area contributed by atoms with E-state index in [1.165, 1.54) is 0 Å². The van der Waals surface area contributed by atoms with E-state index in [0.29, 0.717) is 19.3 Å². The lowest BCUT2D eigenvalue weighted by atomic mass is 9.46. The topological polar surface area (TPSA) is 98.0 Å². The first-order chi connectivity index (χ1) is 11.5. The predicted molar refractivity (Wildman–Crippen MR) is 93.8 cm³/mol. The van der Waals surface area contributed by atoms with Crippen LogP contribution in [-0.2, 0) is 4.79 Å². The van der Waals surface area contributed by atoms with Gasteiger partial charge in [0.25, 0.3) is 0 Å². The summed E-state index contributed by atoms with van der Waals surface area (Å²) in [5.74, 6) is -1.06. The van der Waals surface area contributed by atoms with E-state index in [4.69, 9.17) is 0 Å². The van der Waals surface area contributed by atoms with E-state index in [2.05, 4.69) is 6.58 Å². The van der Waals surface area contributed by atoms with Crippen LogP contribution in [-0.4, -0.2) is 44.5 Å². The molecule has 5 heteroatoms. The van der Waals surface area contributed by atoms with Crippen LogP contribution in [0.25, 0.3) is 0 Å². The molecule has 5 unspecified atom stereocenters. The van der Waals surface area contributed by atoms with Crippen molar-refractivity contribution in [3.8, 4) is 0 Å². The van der Waals surface area contributed by atoms with Crippen LogP contribution in [0.15, 0.2) is 35.6 Å². The highest BCUT2D eigenvalue weighted by atomic mass is 16.3. The molecule has 0 spiro atoms. The van der Waals surface area contributed by atoms with Crippen LogP contribution in [0.2, 0.25) is 0 Å². The Balaban J connectivity index is 2.34. The zero-order valence-electron chi connectivity index (χ0n) is 15.2. The second kappa shape index (κ2) is 5.29. The van der Waals surface area contributed by atoms with Crippen LogP contribution in [0.3, 0.4) is 0 Å². The van der Waals surface area contributed by atoms with Crippen molar-refractivity contribution in [3.63, 3.8) is 0 Å². The summed E-state index contributed by atoms with van der Waals surface area (Å²) >= 11 is 0. The van der Waals surface area contributed by atoms with Crippen LogP contribution in [0.1, 0.15) is 46.5 Å². The third kappa shape index (κ3) is 2.09. The summed E-state index contributed by atoms with van der Waals surface area (Å²) < 4.78 is 0. The molecule has 25 heavy (non-hydrogen) atoms. The molecule has 0 bridgehead atoms. The second-order valence-electron chi connectivity index (χ2n) is 8.66. The molecule has 3 aliphatic rings. The summed E-state index contributed by atoms with van der Waals surface area (Å²) in [6.45, 7) is 8.95. The largest absolute Gasteiger partial charge is 0.504 e. The van der Waals surface area contributed by atoms with Crippen molar-refractivity contribution >= 4 is 5.78 Å². The van der Waals surface area contributed by atoms with Crippen LogP contribution in [0, 0.1) is 16.2 Å². The molecule has 4 N–H and O–H groups in total. The summed E-state index contributed by atoms with van der Waals surface area (Å²) in [7, 11) is 0. The van der Waals surface area contributed by atoms with Crippen molar-refractivity contribution in [3.05, 3.63) is 35.6 Å². The number of hydrogen-bond acceptors (Lipinski definition) is 5. The fourth-order valence-corrected chi connectivity index (χ4v) is 5.14. The highest BCUT2D eigenvalue weighted by Crippen LogP contribution is 2.63. The Hall–Kier alpha value is -1.43. The van der Waals surface area contributed by atoms with Crippen LogP contribution >= 0.6 is 0 Å². The van der Waals surface area contributed by atoms with Crippen molar-refractivity contribution in [1.82, 2.24) is 0 Å². The number of allylic oxidation sites excluding steroid dienone is 3. The summed E-state index contributed by atoms with van der Waals surface area (Å²) in [5.41, 5.74) is -3.70. The van der Waals surface area contributed by atoms with Crippen molar-refractivity contribution < 1.29 is 25.2 Å². The highest BCUT2D eigenvalue weighted by Gasteiger charge is 2.67. The van der Waals surface area contributed by atoms with E-state index in [-0.39, 0.29) is 24.2 Å². The van der Waals surface area contributed by atoms with Gasteiger partial charge in [-0.25, -0.2) is 0 Å². The molecule has 138 valence electrons. The maximum absolute atomic E-state index is 12.9. The Morgan fingerprint density at radius 1 is 1.28 bits per heavy atom. The third-order valence-corrected chi connectivity index (χ3v) is 7.07. The first-order valence-electron chi connectivity index (χ1n) is 8.86. The zero-order chi connectivity index (χ0) is 18.8. The first-order valence-corrected chi connectivity index (χ1v) is 8.86. The van der Waals surface area contributed by atoms with Gasteiger partial charge in [-0.2, -0.15) is 0 Å². The van der Waals surface area contributed by atoms with Gasteiger partial charge in [0.05, 0.1) is 18.1 Å². The second-order valence-corrected chi connectivity index (χ2v) is 8.66. The Bertz CT molecular complexity index is 707. The molecule has 0 aromatic heterocycles. The molecule has 1 fully saturated rings. The summed E-state index contributed by atoms with van der Waals surface area (Å²) in [5, 5.41) is 43.2. The molecular weight excluding hydrogens is 320 g/mol. The zero-order valence-corrected chi connectivity index (χ0v) is 15.2. The minimum Gasteiger partial charge on any atom is -0.504 e. The van der Waals surface area contributed by atoms with Gasteiger partial charge in [-0.05, 0) is 31.3 Å². The smallest absolute Gasteiger partial charge is 0.225 e. The van der Waals surface area contributed by atoms with E-state index < -0.39 is 39.5 Å². The van der Waals surface area contributed by atoms with Gasteiger partial charge in [-0.15, -0.1) is 6.58 Å². The minimum atomic E-state index is -1.58. The maximum atomic E-state index is 12.9. The molecule has 0 aliphatic heterocycles. The Morgan fingerprint density at radius 3 is 2.48 bits per heavy atom. The molecule has 0 saturated heterocycles. The molecule has 0 aromatic carbocycles. The van der Waals surface area contributed by atoms with Crippen molar-refractivity contribution in [2.24, 2.45) is 16.2 Å². The first kappa shape index (κ1) is 18.4. The minimum absolute atomic E-state index is 0.131. The van der Waals surface area contributed by atoms with E-state index >= 15 is 0 Å². The predicted octanol–water partition coefficient (Wildman–Crippen LogP) is 2.18. The molecule has 3 aliphatic carbocycles. The van der Waals surface area contributed by atoms with Gasteiger partial charge < -0.3 is 20.4 Å². The molecule has 5 atom stereocenters. The third-order valence-electron chi connectivity index (χ3n) is 7.07. The number of rotatable bonds is 2. The molecule has 1 saturated carbocycles. The summed E-state index contributed by atoms with van der Waals surface area (Å²) in [6.07, 6.45) is 4.18. The van der Waals surface area contributed by atoms with Gasteiger partial charge in [0, 0.05) is 16.4 Å². The monoisotopic (exact) mass is 348 g/mol. The molecule has 3 rings (SSSR count). The van der Waals surface area contributed by atoms with E-state index in [1.54, 1.807) is 26.0 Å². The highest BCUT2D eigenvalue weighted by molar-refractivity contribution is 6.10. The fraction of sp³-hybridized carbons (Fsp3) is 0.650. The number of carbonyl (C=O) groups excluding carboxylic acids is 1. The van der Waals surface area contributed by atoms with Crippen molar-refractivity contribution in [2.45, 2.75) is 58.2 Å². The number of Topliss-reactive ketones (excluding diaryl/α,β-unsaturated/α-hetero) is 1. The van der Waals surface area contributed by atoms with E-state index in [0.717, 1.165) is 0 Å². The lowest BCUT2D eigenvalue weighted by Gasteiger charge is -2.60. The number of fused-ring (bicyclic) bond motifs is 3. The molecule has 5 nitrogen and oxygen atoms in total. The average Bonchev–Trinajstić information content (AvgIpc) is 2.59. The summed E-state index contributed by atoms with van der Waals surface area (Å²) in [4.78, 5) is 12.9. The van der Waals surface area contributed by atoms with Gasteiger partial charge in [0.2, 0.25) is 5.78 Å². The number of hydrogen-bond donors (Lipinski definition) is 4. The molecule has 0 aromatic rings. The van der Waals surface area contributed by atoms with Crippen LogP contribution in [0.4, 0.5) is 0 Å². The molecule has 0 heterocycles. The van der Waals surface area contributed by atoms with Crippen LogP contribution in [0.5, 0.6) is 0 Å². The van der Waals surface area contributed by atoms with E-state index in [1.807, 2.05) is 6.92 Å². The number of ketones is 1. The molecule has 0 radical (unpaired) electrons.